The van der Waals surface area contributed by atoms with E-state index in [1.54, 1.807) is 18.2 Å². The molecule has 0 unspecified atom stereocenters. The number of carbonyl (C=O) groups is 1. The predicted octanol–water partition coefficient (Wildman–Crippen LogP) is 0.584. The molecule has 3 N–H and O–H groups in total. The first-order valence-electron chi connectivity index (χ1n) is 6.79. The molecule has 0 spiro atoms. The van der Waals surface area contributed by atoms with Gasteiger partial charge in [-0.3, -0.25) is 4.90 Å². The van der Waals surface area contributed by atoms with E-state index in [1.165, 1.54) is 0 Å². The quantitative estimate of drug-likeness (QED) is 0.654. The van der Waals surface area contributed by atoms with E-state index in [0.29, 0.717) is 12.8 Å². The van der Waals surface area contributed by atoms with E-state index >= 15 is 0 Å². The van der Waals surface area contributed by atoms with Gasteiger partial charge in [-0.2, -0.15) is 0 Å². The number of carboxylic acid groups (broad SMARTS) is 1. The summed E-state index contributed by atoms with van der Waals surface area (Å²) >= 11 is 0. The van der Waals surface area contributed by atoms with Gasteiger partial charge in [-0.15, -0.1) is 0 Å². The Hall–Kier alpha value is -1.43. The van der Waals surface area contributed by atoms with Crippen molar-refractivity contribution in [2.24, 2.45) is 0 Å². The molecule has 1 aromatic carbocycles. The van der Waals surface area contributed by atoms with Crippen LogP contribution in [0.3, 0.4) is 0 Å². The molecule has 20 heavy (non-hydrogen) atoms. The third kappa shape index (κ3) is 1.57. The maximum atomic E-state index is 11.1. The van der Waals surface area contributed by atoms with Gasteiger partial charge in [0.15, 0.2) is 5.79 Å². The van der Waals surface area contributed by atoms with Crippen LogP contribution >= 0.6 is 0 Å². The molecule has 0 amide bonds. The van der Waals surface area contributed by atoms with Crippen LogP contribution in [0.25, 0.3) is 0 Å². The molecule has 1 fully saturated rings. The summed E-state index contributed by atoms with van der Waals surface area (Å²) in [6, 6.07) is 4.63. The minimum absolute atomic E-state index is 0.193. The summed E-state index contributed by atoms with van der Waals surface area (Å²) in [4.78, 5) is 13.1. The maximum absolute atomic E-state index is 11.1. The number of benzene rings is 1. The summed E-state index contributed by atoms with van der Waals surface area (Å²) in [6.45, 7) is 2.58. The summed E-state index contributed by atoms with van der Waals surface area (Å²) in [6.07, 6.45) is 1.11. The van der Waals surface area contributed by atoms with Crippen LogP contribution < -0.4 is 0 Å². The first kappa shape index (κ1) is 13.5. The van der Waals surface area contributed by atoms with E-state index in [0.717, 1.165) is 17.7 Å². The van der Waals surface area contributed by atoms with Gasteiger partial charge in [-0.05, 0) is 49.7 Å². The molecule has 2 aliphatic rings. The van der Waals surface area contributed by atoms with Crippen molar-refractivity contribution in [1.29, 1.82) is 0 Å². The Balaban J connectivity index is 2.20. The molecule has 0 saturated carbocycles. The first-order valence-corrected chi connectivity index (χ1v) is 6.79. The van der Waals surface area contributed by atoms with Crippen LogP contribution in [0.4, 0.5) is 0 Å². The van der Waals surface area contributed by atoms with E-state index in [-0.39, 0.29) is 11.6 Å². The highest BCUT2D eigenvalue weighted by Crippen LogP contribution is 2.49. The lowest BCUT2D eigenvalue weighted by Crippen LogP contribution is -2.69. The Kier molecular flexibility index (Phi) is 2.73. The minimum Gasteiger partial charge on any atom is -0.478 e. The van der Waals surface area contributed by atoms with Crippen molar-refractivity contribution in [3.8, 4) is 0 Å². The second-order valence-electron chi connectivity index (χ2n) is 6.19. The van der Waals surface area contributed by atoms with Crippen molar-refractivity contribution in [3.63, 3.8) is 0 Å². The number of hydrogen-bond acceptors (Lipinski definition) is 4. The average molecular weight is 277 g/mol. The average Bonchev–Trinajstić information content (AvgIpc) is 2.38. The van der Waals surface area contributed by atoms with Crippen LogP contribution in [0.5, 0.6) is 0 Å². The highest BCUT2D eigenvalue weighted by molar-refractivity contribution is 5.88. The van der Waals surface area contributed by atoms with Gasteiger partial charge in [0.1, 0.15) is 0 Å². The van der Waals surface area contributed by atoms with Crippen molar-refractivity contribution in [1.82, 2.24) is 4.90 Å². The number of likely N-dealkylation sites (tertiary alicyclic amines) is 1. The number of hydrogen-bond donors (Lipinski definition) is 3. The SMILES string of the molecule is CN1CC[C@@]2(C)c3cc(C(=O)O)ccc3C[C@@H]1C2(O)O. The molecule has 2 bridgehead atoms. The monoisotopic (exact) mass is 277 g/mol. The van der Waals surface area contributed by atoms with Gasteiger partial charge in [0.05, 0.1) is 11.6 Å². The lowest BCUT2D eigenvalue weighted by Gasteiger charge is -2.57. The Morgan fingerprint density at radius 1 is 1.40 bits per heavy atom. The van der Waals surface area contributed by atoms with E-state index in [4.69, 9.17) is 5.11 Å². The van der Waals surface area contributed by atoms with Gasteiger partial charge in [0.25, 0.3) is 0 Å². The number of rotatable bonds is 1. The molecular weight excluding hydrogens is 258 g/mol. The van der Waals surface area contributed by atoms with Crippen molar-refractivity contribution in [2.75, 3.05) is 13.6 Å². The third-order valence-electron chi connectivity index (χ3n) is 5.14. The molecule has 0 aromatic heterocycles. The molecule has 3 rings (SSSR count). The molecule has 1 aliphatic carbocycles. The van der Waals surface area contributed by atoms with Crippen LogP contribution in [0.15, 0.2) is 18.2 Å². The summed E-state index contributed by atoms with van der Waals surface area (Å²) in [5.74, 6) is -2.84. The molecule has 108 valence electrons. The van der Waals surface area contributed by atoms with Gasteiger partial charge < -0.3 is 15.3 Å². The predicted molar refractivity (Wildman–Crippen MR) is 72.7 cm³/mol. The van der Waals surface area contributed by atoms with Crippen molar-refractivity contribution in [3.05, 3.63) is 34.9 Å². The fourth-order valence-electron chi connectivity index (χ4n) is 3.66. The minimum atomic E-state index is -1.84. The van der Waals surface area contributed by atoms with E-state index in [2.05, 4.69) is 0 Å². The van der Waals surface area contributed by atoms with Gasteiger partial charge in [0, 0.05) is 5.41 Å². The molecule has 5 heteroatoms. The van der Waals surface area contributed by atoms with Crippen molar-refractivity contribution >= 4 is 5.97 Å². The summed E-state index contributed by atoms with van der Waals surface area (Å²) in [5.41, 5.74) is 1.13. The lowest BCUT2D eigenvalue weighted by atomic mass is 9.60. The number of fused-ring (bicyclic) bond motifs is 4. The summed E-state index contributed by atoms with van der Waals surface area (Å²) in [5, 5.41) is 30.4. The van der Waals surface area contributed by atoms with E-state index in [1.807, 2.05) is 18.9 Å². The number of carboxylic acids is 1. The molecule has 1 aliphatic heterocycles. The van der Waals surface area contributed by atoms with E-state index < -0.39 is 17.2 Å². The van der Waals surface area contributed by atoms with E-state index in [9.17, 15) is 15.0 Å². The molecule has 0 radical (unpaired) electrons. The normalized spacial score (nSPS) is 31.7. The molecular formula is C15H19NO4. The van der Waals surface area contributed by atoms with Crippen LogP contribution in [0.2, 0.25) is 0 Å². The van der Waals surface area contributed by atoms with Crippen molar-refractivity contribution < 1.29 is 20.1 Å². The number of likely N-dealkylation sites (N-methyl/N-ethyl adjacent to an activating group) is 1. The van der Waals surface area contributed by atoms with Gasteiger partial charge >= 0.3 is 5.97 Å². The second kappa shape index (κ2) is 4.04. The standard InChI is InChI=1S/C15H19NO4/c1-14-5-6-16(2)12(15(14,19)20)8-9-3-4-10(13(17)18)7-11(9)14/h3-4,7,12,19-20H,5-6,8H2,1-2H3,(H,17,18)/t12-,14+/m1/s1. The zero-order valence-corrected chi connectivity index (χ0v) is 11.6. The number of nitrogens with zero attached hydrogens (tertiary/aromatic N) is 1. The number of aromatic carboxylic acids is 1. The topological polar surface area (TPSA) is 81.0 Å². The van der Waals surface area contributed by atoms with Gasteiger partial charge in [-0.1, -0.05) is 13.0 Å². The smallest absolute Gasteiger partial charge is 0.335 e. The molecule has 5 nitrogen and oxygen atoms in total. The second-order valence-corrected chi connectivity index (χ2v) is 6.19. The summed E-state index contributed by atoms with van der Waals surface area (Å²) < 4.78 is 0. The van der Waals surface area contributed by atoms with Crippen LogP contribution in [-0.4, -0.2) is 51.6 Å². The number of aliphatic hydroxyl groups is 2. The van der Waals surface area contributed by atoms with Crippen LogP contribution in [-0.2, 0) is 11.8 Å². The number of piperidine rings is 1. The lowest BCUT2D eigenvalue weighted by molar-refractivity contribution is -0.270. The van der Waals surface area contributed by atoms with Crippen LogP contribution in [0.1, 0.15) is 34.8 Å². The Labute approximate surface area is 117 Å². The largest absolute Gasteiger partial charge is 0.478 e. The third-order valence-corrected chi connectivity index (χ3v) is 5.14. The molecule has 1 saturated heterocycles. The van der Waals surface area contributed by atoms with Crippen LogP contribution in [0, 0.1) is 0 Å². The molecule has 2 atom stereocenters. The zero-order valence-electron chi connectivity index (χ0n) is 11.6. The maximum Gasteiger partial charge on any atom is 0.335 e. The van der Waals surface area contributed by atoms with Gasteiger partial charge in [0.2, 0.25) is 0 Å². The highest BCUT2D eigenvalue weighted by Gasteiger charge is 2.59. The fraction of sp³-hybridized carbons (Fsp3) is 0.533. The van der Waals surface area contributed by atoms with Crippen molar-refractivity contribution in [2.45, 2.75) is 37.0 Å². The zero-order chi connectivity index (χ0) is 14.7. The Bertz CT molecular complexity index is 583. The first-order chi connectivity index (χ1) is 9.27. The fourth-order valence-corrected chi connectivity index (χ4v) is 3.66. The molecule has 1 heterocycles. The summed E-state index contributed by atoms with van der Waals surface area (Å²) in [7, 11) is 1.89. The molecule has 1 aromatic rings. The highest BCUT2D eigenvalue weighted by atomic mass is 16.5. The Morgan fingerprint density at radius 2 is 2.10 bits per heavy atom. The Morgan fingerprint density at radius 3 is 2.75 bits per heavy atom. The van der Waals surface area contributed by atoms with Gasteiger partial charge in [-0.25, -0.2) is 4.79 Å².